The van der Waals surface area contributed by atoms with Gasteiger partial charge in [-0.3, -0.25) is 29.2 Å². The number of nitrogens with zero attached hydrogens (tertiary/aromatic N) is 8. The molecule has 136 heavy (non-hydrogen) atoms. The fourth-order valence-corrected chi connectivity index (χ4v) is 22.4. The van der Waals surface area contributed by atoms with Crippen LogP contribution in [0.1, 0.15) is 133 Å². The minimum Gasteiger partial charge on any atom is -0.453 e. The third-order valence-corrected chi connectivity index (χ3v) is 29.6. The van der Waals surface area contributed by atoms with Gasteiger partial charge in [0.2, 0.25) is 0 Å². The Morgan fingerprint density at radius 3 is 0.853 bits per heavy atom. The van der Waals surface area contributed by atoms with Crippen molar-refractivity contribution < 1.29 is 57.3 Å². The number of piperidine rings is 4. The van der Waals surface area contributed by atoms with Gasteiger partial charge in [-0.25, -0.2) is 29.1 Å². The maximum atomic E-state index is 14.3. The molecule has 8 fully saturated rings. The summed E-state index contributed by atoms with van der Waals surface area (Å²) >= 11 is 0. The number of aliphatic imine (C=N–C) groups is 2. The van der Waals surface area contributed by atoms with Gasteiger partial charge in [0, 0.05) is 48.4 Å². The van der Waals surface area contributed by atoms with Crippen molar-refractivity contribution in [1.29, 1.82) is 0 Å². The molecule has 14 aromatic rings. The van der Waals surface area contributed by atoms with Crippen LogP contribution in [0, 0.1) is 23.7 Å². The van der Waals surface area contributed by atoms with Crippen LogP contribution in [-0.4, -0.2) is 164 Å². The average Bonchev–Trinajstić information content (AvgIpc) is 1.58. The van der Waals surface area contributed by atoms with Crippen LogP contribution in [-0.2, 0) is 51.0 Å². The molecule has 4 saturated heterocycles. The van der Waals surface area contributed by atoms with Gasteiger partial charge in [0.1, 0.15) is 35.8 Å². The van der Waals surface area contributed by atoms with Crippen molar-refractivity contribution in [3.05, 3.63) is 312 Å². The normalized spacial score (nSPS) is 22.7. The van der Waals surface area contributed by atoms with Crippen LogP contribution in [0.3, 0.4) is 0 Å². The van der Waals surface area contributed by atoms with Gasteiger partial charge in [-0.15, -0.1) is 0 Å². The van der Waals surface area contributed by atoms with Gasteiger partial charge in [-0.2, -0.15) is 0 Å². The molecule has 8 amide bonds. The summed E-state index contributed by atoms with van der Waals surface area (Å²) in [6.07, 6.45) is 5.93. The number of carbonyl (C=O) groups is 8. The third-order valence-electron chi connectivity index (χ3n) is 29.6. The maximum Gasteiger partial charge on any atom is 0.407 e. The molecule has 10 aliphatic rings. The number of hydrogen-bond donors (Lipinski definition) is 6. The number of benzene rings is 12. The number of likely N-dealkylation sites (tertiary alicyclic amines) is 4. The van der Waals surface area contributed by atoms with Crippen LogP contribution in [0.4, 0.5) is 30.6 Å². The van der Waals surface area contributed by atoms with Crippen LogP contribution in [0.15, 0.2) is 277 Å². The topological polar surface area (TPSA) is 317 Å². The summed E-state index contributed by atoms with van der Waals surface area (Å²) in [5.41, 5.74) is 21.1. The molecule has 4 saturated carbocycles. The number of hydrogen-bond acceptors (Lipinski definition) is 16. The highest BCUT2D eigenvalue weighted by Gasteiger charge is 2.61. The third kappa shape index (κ3) is 15.9. The number of nitrogens with one attached hydrogen (secondary N) is 6. The minimum atomic E-state index is -0.875. The SMILES string of the molecule is COC(=O)N[C@@H](C(=O)N1[C@@H]2C[C@@H]2C[C@H]1C1=Nc2ccc(-c3ccc4cc(-c5ccc6nc([C@@H]7C[C@H]8C[C@H]8N7C(=O)[C@H](NC(=O)OC)c7ccccc7)[nH]c6c5)ccc4c3)cc2C1)c1ccccc1.COC(=O)N[C@H](C(=O)N1[C@@H]2C[C@@H]2C[C@H]1c1nc2ccc(-c3ccc4cc(-c5ccc6c(c5)CC([C@@H]5C[C@H]7C[C@H]7N5C(=O)[C@H](NC(=O)OC)c5ccccc5)=N6)ccc4c3)cc2[nH]1)c1ccccc1. The van der Waals surface area contributed by atoms with Gasteiger partial charge < -0.3 is 69.8 Å². The van der Waals surface area contributed by atoms with Gasteiger partial charge in [-0.05, 0) is 247 Å². The highest BCUT2D eigenvalue weighted by atomic mass is 16.6. The van der Waals surface area contributed by atoms with Gasteiger partial charge in [-0.1, -0.05) is 194 Å². The number of imidazole rings is 2. The number of alkyl carbamates (subject to hydrolysis) is 4. The van der Waals surface area contributed by atoms with E-state index in [1.165, 1.54) is 28.4 Å². The molecule has 2 aromatic heterocycles. The number of aromatic nitrogens is 4. The van der Waals surface area contributed by atoms with Crippen LogP contribution in [0.2, 0.25) is 0 Å². The molecule has 680 valence electrons. The first-order valence-electron chi connectivity index (χ1n) is 46.8. The highest BCUT2D eigenvalue weighted by molar-refractivity contribution is 6.05. The molecule has 26 heteroatoms. The summed E-state index contributed by atoms with van der Waals surface area (Å²) in [5, 5.41) is 15.6. The number of rotatable bonds is 20. The van der Waals surface area contributed by atoms with Crippen molar-refractivity contribution in [3.63, 3.8) is 0 Å². The van der Waals surface area contributed by atoms with Gasteiger partial charge in [0.05, 0.1) is 86.0 Å². The van der Waals surface area contributed by atoms with Gasteiger partial charge in [0.15, 0.2) is 0 Å². The lowest BCUT2D eigenvalue weighted by Gasteiger charge is -2.31. The first-order chi connectivity index (χ1) is 66.4. The van der Waals surface area contributed by atoms with E-state index in [0.717, 1.165) is 196 Å². The first-order valence-corrected chi connectivity index (χ1v) is 46.8. The van der Waals surface area contributed by atoms with Crippen LogP contribution >= 0.6 is 0 Å². The highest BCUT2D eigenvalue weighted by Crippen LogP contribution is 2.57. The summed E-state index contributed by atoms with van der Waals surface area (Å²) in [5.74, 6) is 2.59. The van der Waals surface area contributed by atoms with Crippen LogP contribution < -0.4 is 21.3 Å². The van der Waals surface area contributed by atoms with E-state index in [9.17, 15) is 38.4 Å². The quantitative estimate of drug-likeness (QED) is 0.0387. The Balaban J connectivity index is 0.000000153. The van der Waals surface area contributed by atoms with E-state index in [4.69, 9.17) is 38.9 Å². The number of carbonyl (C=O) groups excluding carboxylic acids is 8. The van der Waals surface area contributed by atoms with Crippen molar-refractivity contribution in [2.24, 2.45) is 33.7 Å². The molecule has 0 bridgehead atoms. The zero-order chi connectivity index (χ0) is 92.4. The Bertz CT molecular complexity index is 6840. The largest absolute Gasteiger partial charge is 0.453 e. The first kappa shape index (κ1) is 84.6. The lowest BCUT2D eigenvalue weighted by atomic mass is 9.95. The number of ether oxygens (including phenoxy) is 4. The lowest BCUT2D eigenvalue weighted by Crippen LogP contribution is -2.49. The van der Waals surface area contributed by atoms with E-state index in [-0.39, 0.29) is 72.0 Å². The monoisotopic (exact) mass is 1810 g/mol. The van der Waals surface area contributed by atoms with E-state index < -0.39 is 48.5 Å². The molecule has 6 N–H and O–H groups in total. The molecule has 0 unspecified atom stereocenters. The van der Waals surface area contributed by atoms with Gasteiger partial charge in [0.25, 0.3) is 23.6 Å². The molecular weight excluding hydrogens is 1710 g/mol. The van der Waals surface area contributed by atoms with Crippen LogP contribution in [0.25, 0.3) is 88.1 Å². The molecular formula is C110H98N14O12. The van der Waals surface area contributed by atoms with Crippen molar-refractivity contribution in [2.75, 3.05) is 28.4 Å². The number of amides is 8. The number of aromatic amines is 2. The summed E-state index contributed by atoms with van der Waals surface area (Å²) in [6.45, 7) is 0. The molecule has 4 aliphatic carbocycles. The fraction of sp³-hybridized carbons (Fsp3) is 0.273. The summed E-state index contributed by atoms with van der Waals surface area (Å²) in [4.78, 5) is 142. The zero-order valence-electron chi connectivity index (χ0n) is 75.2. The van der Waals surface area contributed by atoms with E-state index in [2.05, 4.69) is 165 Å². The second-order valence-corrected chi connectivity index (χ2v) is 37.7. The Labute approximate surface area is 783 Å². The molecule has 16 atom stereocenters. The Hall–Kier alpha value is -15.6. The molecule has 24 rings (SSSR count). The van der Waals surface area contributed by atoms with Crippen LogP contribution in [0.5, 0.6) is 0 Å². The van der Waals surface area contributed by atoms with Crippen molar-refractivity contribution in [1.82, 2.24) is 60.8 Å². The summed E-state index contributed by atoms with van der Waals surface area (Å²) in [6, 6.07) is 85.2. The molecule has 0 radical (unpaired) electrons. The number of fused-ring (bicyclic) bond motifs is 10. The molecule has 12 aromatic carbocycles. The number of methoxy groups -OCH3 is 4. The van der Waals surface area contributed by atoms with Crippen molar-refractivity contribution in [3.8, 4) is 44.5 Å². The maximum absolute atomic E-state index is 14.3. The molecule has 0 spiro atoms. The Morgan fingerprint density at radius 1 is 0.301 bits per heavy atom. The van der Waals surface area contributed by atoms with E-state index in [1.807, 2.05) is 153 Å². The smallest absolute Gasteiger partial charge is 0.407 e. The van der Waals surface area contributed by atoms with E-state index >= 15 is 0 Å². The summed E-state index contributed by atoms with van der Waals surface area (Å²) < 4.78 is 19.6. The van der Waals surface area contributed by atoms with Crippen molar-refractivity contribution >= 4 is 114 Å². The molecule has 6 aliphatic heterocycles. The predicted molar refractivity (Wildman–Crippen MR) is 516 cm³/mol. The van der Waals surface area contributed by atoms with E-state index in [1.54, 1.807) is 0 Å². The molecule has 8 heterocycles. The Kier molecular flexibility index (Phi) is 21.4. The Morgan fingerprint density at radius 2 is 0.559 bits per heavy atom. The average molecular weight is 1810 g/mol. The second kappa shape index (κ2) is 34.5. The second-order valence-electron chi connectivity index (χ2n) is 37.7. The number of H-pyrrole nitrogens is 2. The van der Waals surface area contributed by atoms with Crippen molar-refractivity contribution in [2.45, 2.75) is 137 Å². The zero-order valence-corrected chi connectivity index (χ0v) is 75.2. The van der Waals surface area contributed by atoms with Gasteiger partial charge >= 0.3 is 24.4 Å². The predicted octanol–water partition coefficient (Wildman–Crippen LogP) is 19.0. The fourth-order valence-electron chi connectivity index (χ4n) is 22.4. The lowest BCUT2D eigenvalue weighted by molar-refractivity contribution is -0.136. The standard InChI is InChI=1S/2C55H49N7O6/c2*1-67-54(65)59-49(30-9-5-3-6-10-30)52(63)61-45-26-39(45)28-47(61)44-25-38-23-36(17-19-41(38)56-44)34-14-13-33-22-35(16-15-32(33)21-34)37-18-20-42-43(24-37)58-51(57-42)48-29-40-27-46(40)62(48)53(64)50(60-55(66)68-2)31-11-7-4-8-12-31/h2*3-24,39-40,45-50H,25-29H2,1-2H3,(H,57,58)(H,59,65)(H,60,66)/t39-,40-,45-,46-,47+,48+,49-,50+;39-,40-,45-,46-,47+,48+,49-,50-/m11/s1. The minimum absolute atomic E-state index is 0.112. The summed E-state index contributed by atoms with van der Waals surface area (Å²) in [7, 11) is 5.21. The molecule has 26 nitrogen and oxygen atoms in total. The van der Waals surface area contributed by atoms with E-state index in [0.29, 0.717) is 47.6 Å².